The van der Waals surface area contributed by atoms with Crippen LogP contribution in [0.5, 0.6) is 0 Å². The van der Waals surface area contributed by atoms with E-state index in [0.717, 1.165) is 5.57 Å². The zero-order chi connectivity index (χ0) is 30.1. The fourth-order valence-corrected chi connectivity index (χ4v) is 10.6. The zero-order valence-corrected chi connectivity index (χ0v) is 26.6. The predicted molar refractivity (Wildman–Crippen MR) is 163 cm³/mol. The van der Waals surface area contributed by atoms with Gasteiger partial charge in [0.05, 0.1) is 13.7 Å². The summed E-state index contributed by atoms with van der Waals surface area (Å²) in [4.78, 5) is 25.5. The highest BCUT2D eigenvalue weighted by atomic mass is 28.4. The minimum atomic E-state index is -2.77. The highest BCUT2D eigenvalue weighted by Gasteiger charge is 2.59. The van der Waals surface area contributed by atoms with Crippen LogP contribution in [0.4, 0.5) is 0 Å². The van der Waals surface area contributed by atoms with Gasteiger partial charge in [0.25, 0.3) is 8.32 Å². The standard InChI is InChI=1S/C34H44O6Si/c1-24-22-34(30(36)39-31(40-34)32(2,3)4)26(19-20-29(35)37-8)21-25(24)23-38-41(33(5,6)7,27-15-11-9-12-16-27)28-17-13-10-14-18-28/h9-21,24,26,31H,22-23H2,1-8H3/b20-19+/t24-,26-,31+,34+/m1/s1. The van der Waals surface area contributed by atoms with E-state index in [-0.39, 0.29) is 11.0 Å². The van der Waals surface area contributed by atoms with Gasteiger partial charge in [0.15, 0.2) is 5.60 Å². The fraction of sp³-hybridized carbons (Fsp3) is 0.471. The molecule has 0 saturated carbocycles. The third-order valence-electron chi connectivity index (χ3n) is 8.27. The molecule has 2 aromatic carbocycles. The van der Waals surface area contributed by atoms with Crippen LogP contribution in [0.15, 0.2) is 84.5 Å². The van der Waals surface area contributed by atoms with Crippen molar-refractivity contribution in [3.63, 3.8) is 0 Å². The lowest BCUT2D eigenvalue weighted by molar-refractivity contribution is -0.158. The van der Waals surface area contributed by atoms with Gasteiger partial charge in [-0.2, -0.15) is 0 Å². The molecule has 0 N–H and O–H groups in total. The van der Waals surface area contributed by atoms with Gasteiger partial charge < -0.3 is 18.6 Å². The van der Waals surface area contributed by atoms with Crippen LogP contribution in [0.3, 0.4) is 0 Å². The van der Waals surface area contributed by atoms with Crippen LogP contribution in [-0.4, -0.2) is 45.9 Å². The first-order valence-electron chi connectivity index (χ1n) is 14.4. The van der Waals surface area contributed by atoms with Crippen molar-refractivity contribution in [1.82, 2.24) is 0 Å². The third-order valence-corrected chi connectivity index (χ3v) is 13.3. The highest BCUT2D eigenvalue weighted by Crippen LogP contribution is 2.48. The second-order valence-corrected chi connectivity index (χ2v) is 17.6. The number of benzene rings is 2. The second-order valence-electron chi connectivity index (χ2n) is 13.3. The van der Waals surface area contributed by atoms with E-state index in [0.29, 0.717) is 13.0 Å². The number of esters is 2. The molecule has 220 valence electrons. The zero-order valence-electron chi connectivity index (χ0n) is 25.6. The Balaban J connectivity index is 1.77. The summed E-state index contributed by atoms with van der Waals surface area (Å²) in [7, 11) is -1.44. The normalized spacial score (nSPS) is 25.3. The van der Waals surface area contributed by atoms with E-state index in [4.69, 9.17) is 18.6 Å². The number of methoxy groups -OCH3 is 1. The molecule has 0 aromatic heterocycles. The fourth-order valence-electron chi connectivity index (χ4n) is 6.02. The van der Waals surface area contributed by atoms with Crippen LogP contribution >= 0.6 is 0 Å². The Hall–Kier alpha value is -3.00. The molecule has 4 rings (SSSR count). The monoisotopic (exact) mass is 576 g/mol. The van der Waals surface area contributed by atoms with E-state index >= 15 is 0 Å². The Morgan fingerprint density at radius 2 is 1.56 bits per heavy atom. The molecule has 0 amide bonds. The maximum absolute atomic E-state index is 13.5. The lowest BCUT2D eigenvalue weighted by atomic mass is 9.72. The lowest BCUT2D eigenvalue weighted by Gasteiger charge is -2.44. The number of carbonyl (C=O) groups is 2. The largest absolute Gasteiger partial charge is 0.466 e. The molecule has 1 spiro atoms. The van der Waals surface area contributed by atoms with Crippen molar-refractivity contribution in [2.45, 2.75) is 71.8 Å². The Bertz CT molecular complexity index is 1250. The Morgan fingerprint density at radius 3 is 2.02 bits per heavy atom. The van der Waals surface area contributed by atoms with Crippen LogP contribution < -0.4 is 10.4 Å². The molecule has 0 unspecified atom stereocenters. The maximum atomic E-state index is 13.5. The van der Waals surface area contributed by atoms with E-state index in [1.54, 1.807) is 6.08 Å². The average Bonchev–Trinajstić information content (AvgIpc) is 3.26. The van der Waals surface area contributed by atoms with Crippen molar-refractivity contribution < 1.29 is 28.2 Å². The Morgan fingerprint density at radius 1 is 1.00 bits per heavy atom. The number of cyclic esters (lactones) is 1. The van der Waals surface area contributed by atoms with Crippen LogP contribution in [0.25, 0.3) is 0 Å². The molecule has 2 aromatic rings. The highest BCUT2D eigenvalue weighted by molar-refractivity contribution is 6.99. The van der Waals surface area contributed by atoms with Gasteiger partial charge in [0.2, 0.25) is 6.29 Å². The van der Waals surface area contributed by atoms with E-state index in [1.165, 1.54) is 23.6 Å². The summed E-state index contributed by atoms with van der Waals surface area (Å²) in [6, 6.07) is 21.1. The van der Waals surface area contributed by atoms with Crippen LogP contribution in [0, 0.1) is 17.3 Å². The van der Waals surface area contributed by atoms with Gasteiger partial charge in [0.1, 0.15) is 0 Å². The van der Waals surface area contributed by atoms with Gasteiger partial charge in [0, 0.05) is 17.4 Å². The third kappa shape index (κ3) is 5.99. The summed E-state index contributed by atoms with van der Waals surface area (Å²) in [6.45, 7) is 15.2. The van der Waals surface area contributed by atoms with Crippen LogP contribution in [0.2, 0.25) is 5.04 Å². The molecule has 1 fully saturated rings. The van der Waals surface area contributed by atoms with Crippen molar-refractivity contribution >= 4 is 30.6 Å². The molecular weight excluding hydrogens is 532 g/mol. The summed E-state index contributed by atoms with van der Waals surface area (Å²) in [5, 5.41) is 2.24. The van der Waals surface area contributed by atoms with Crippen molar-refractivity contribution in [3.8, 4) is 0 Å². The first kappa shape index (κ1) is 30.9. The van der Waals surface area contributed by atoms with Gasteiger partial charge in [-0.05, 0) is 33.3 Å². The lowest BCUT2D eigenvalue weighted by Crippen LogP contribution is -2.66. The van der Waals surface area contributed by atoms with Crippen molar-refractivity contribution in [2.75, 3.05) is 13.7 Å². The van der Waals surface area contributed by atoms with E-state index in [2.05, 4.69) is 76.2 Å². The molecule has 7 heteroatoms. The quantitative estimate of drug-likeness (QED) is 0.186. The molecular formula is C34H44O6Si. The Kier molecular flexibility index (Phi) is 8.83. The molecule has 2 aliphatic rings. The number of hydrogen-bond donors (Lipinski definition) is 0. The molecule has 6 nitrogen and oxygen atoms in total. The second kappa shape index (κ2) is 11.7. The molecule has 1 aliphatic heterocycles. The minimum Gasteiger partial charge on any atom is -0.466 e. The van der Waals surface area contributed by atoms with Crippen LogP contribution in [0.1, 0.15) is 54.9 Å². The summed E-state index contributed by atoms with van der Waals surface area (Å²) >= 11 is 0. The number of ether oxygens (including phenoxy) is 3. The van der Waals surface area contributed by atoms with E-state index in [9.17, 15) is 9.59 Å². The number of hydrogen-bond acceptors (Lipinski definition) is 6. The first-order chi connectivity index (χ1) is 19.2. The number of carbonyl (C=O) groups excluding carboxylic acids is 2. The molecule has 1 aliphatic carbocycles. The smallest absolute Gasteiger partial charge is 0.341 e. The van der Waals surface area contributed by atoms with E-state index in [1.807, 2.05) is 39.0 Å². The Labute approximate surface area is 245 Å². The van der Waals surface area contributed by atoms with E-state index < -0.39 is 43.5 Å². The molecule has 4 atom stereocenters. The van der Waals surface area contributed by atoms with Gasteiger partial charge in [-0.25, -0.2) is 9.59 Å². The van der Waals surface area contributed by atoms with Crippen LogP contribution in [-0.2, 0) is 28.2 Å². The van der Waals surface area contributed by atoms with Crippen molar-refractivity contribution in [3.05, 3.63) is 84.5 Å². The van der Waals surface area contributed by atoms with Crippen molar-refractivity contribution in [2.24, 2.45) is 17.3 Å². The molecule has 1 saturated heterocycles. The first-order valence-corrected chi connectivity index (χ1v) is 16.3. The molecule has 41 heavy (non-hydrogen) atoms. The summed E-state index contributed by atoms with van der Waals surface area (Å²) in [6.07, 6.45) is 4.84. The molecule has 0 radical (unpaired) electrons. The maximum Gasteiger partial charge on any atom is 0.341 e. The summed E-state index contributed by atoms with van der Waals surface area (Å²) in [5.74, 6) is -1.42. The minimum absolute atomic E-state index is 0.0118. The summed E-state index contributed by atoms with van der Waals surface area (Å²) in [5.41, 5.74) is -0.545. The average molecular weight is 577 g/mol. The molecule has 1 heterocycles. The summed E-state index contributed by atoms with van der Waals surface area (Å²) < 4.78 is 24.3. The van der Waals surface area contributed by atoms with Gasteiger partial charge in [-0.15, -0.1) is 0 Å². The topological polar surface area (TPSA) is 71.1 Å². The molecule has 0 bridgehead atoms. The van der Waals surface area contributed by atoms with Gasteiger partial charge in [-0.3, -0.25) is 0 Å². The SMILES string of the molecule is COC(=O)/C=C/[C@@H]1C=C(CO[Si](c2ccccc2)(c2ccccc2)C(C)(C)C)[C@H](C)C[C@]12O[C@@H](C(C)(C)C)OC2=O. The van der Waals surface area contributed by atoms with Gasteiger partial charge in [-0.1, -0.05) is 121 Å². The van der Waals surface area contributed by atoms with Crippen molar-refractivity contribution in [1.29, 1.82) is 0 Å². The number of rotatable bonds is 7. The predicted octanol–water partition coefficient (Wildman–Crippen LogP) is 5.56. The van der Waals surface area contributed by atoms with Gasteiger partial charge >= 0.3 is 11.9 Å².